The van der Waals surface area contributed by atoms with Crippen molar-refractivity contribution in [1.82, 2.24) is 4.98 Å². The van der Waals surface area contributed by atoms with Crippen LogP contribution in [0.3, 0.4) is 0 Å². The molecule has 3 N–H and O–H groups in total. The Morgan fingerprint density at radius 3 is 1.69 bits per heavy atom. The lowest BCUT2D eigenvalue weighted by Crippen LogP contribution is -2.22. The summed E-state index contributed by atoms with van der Waals surface area (Å²) in [6, 6.07) is 0. The van der Waals surface area contributed by atoms with Crippen LogP contribution in [0.2, 0.25) is 0 Å². The molecule has 98 valence electrons. The van der Waals surface area contributed by atoms with Gasteiger partial charge in [-0.1, -0.05) is 35.1 Å². The van der Waals surface area contributed by atoms with Crippen molar-refractivity contribution in [2.75, 3.05) is 7.05 Å². The molecule has 4 nitrogen and oxygen atoms in total. The standard InChI is InChI=1S/C4H6N2.C3H8N2.2C2H6.CH4/c1-6-3-2-5-4-6;1-3(4)5-2;2*1-2;/h2-4H,1H3;1-2H3,(H2,4,5);2*1-2H3;1H4/p+1. The summed E-state index contributed by atoms with van der Waals surface area (Å²) in [4.78, 5) is 6.48. The SMILES string of the molecule is C.CC.CC.CN=C(C)N.C[n+]1cc[nH]c1. The van der Waals surface area contributed by atoms with E-state index in [9.17, 15) is 0 Å². The van der Waals surface area contributed by atoms with Gasteiger partial charge in [0.05, 0.1) is 12.9 Å². The molecule has 1 aromatic heterocycles. The topological polar surface area (TPSA) is 58.0 Å². The van der Waals surface area contributed by atoms with Crippen LogP contribution in [-0.2, 0) is 7.05 Å². The second-order valence-electron chi connectivity index (χ2n) is 2.14. The molecule has 0 spiro atoms. The number of hydrogen-bond acceptors (Lipinski definition) is 1. The Labute approximate surface area is 102 Å². The van der Waals surface area contributed by atoms with Crippen molar-refractivity contribution < 1.29 is 4.57 Å². The molecule has 1 aromatic rings. The first-order valence-corrected chi connectivity index (χ1v) is 5.33. The van der Waals surface area contributed by atoms with E-state index in [0.29, 0.717) is 5.84 Å². The van der Waals surface area contributed by atoms with Crippen molar-refractivity contribution in [2.45, 2.75) is 42.0 Å². The van der Waals surface area contributed by atoms with Gasteiger partial charge in [-0.15, -0.1) is 0 Å². The van der Waals surface area contributed by atoms with Gasteiger partial charge in [-0.05, 0) is 6.92 Å². The molecule has 0 unspecified atom stereocenters. The molecule has 16 heavy (non-hydrogen) atoms. The minimum Gasteiger partial charge on any atom is -0.388 e. The van der Waals surface area contributed by atoms with E-state index >= 15 is 0 Å². The molecule has 0 bridgehead atoms. The highest BCUT2D eigenvalue weighted by Crippen LogP contribution is 1.59. The van der Waals surface area contributed by atoms with Gasteiger partial charge in [-0.3, -0.25) is 9.98 Å². The predicted octanol–water partition coefficient (Wildman–Crippen LogP) is 2.52. The summed E-state index contributed by atoms with van der Waals surface area (Å²) in [5.41, 5.74) is 5.04. The highest BCUT2D eigenvalue weighted by atomic mass is 15.0. The number of aryl methyl sites for hydroxylation is 1. The van der Waals surface area contributed by atoms with Gasteiger partial charge in [-0.25, -0.2) is 4.57 Å². The first kappa shape index (κ1) is 24.1. The van der Waals surface area contributed by atoms with Crippen LogP contribution in [0.1, 0.15) is 42.0 Å². The Morgan fingerprint density at radius 2 is 1.62 bits per heavy atom. The third-order valence-electron chi connectivity index (χ3n) is 1.04. The molecule has 0 fully saturated rings. The number of aliphatic imine (C=N–C) groups is 1. The second kappa shape index (κ2) is 23.5. The molecule has 1 rings (SSSR count). The van der Waals surface area contributed by atoms with Gasteiger partial charge < -0.3 is 5.73 Å². The Balaban J connectivity index is -0.0000000664. The van der Waals surface area contributed by atoms with Gasteiger partial charge in [0.1, 0.15) is 12.4 Å². The summed E-state index contributed by atoms with van der Waals surface area (Å²) in [6.07, 6.45) is 5.69. The Morgan fingerprint density at radius 1 is 1.25 bits per heavy atom. The number of nitrogens with one attached hydrogen (secondary N) is 1. The fourth-order valence-corrected chi connectivity index (χ4v) is 0.364. The molecular formula is C12H31N4+. The fourth-order valence-electron chi connectivity index (χ4n) is 0.364. The van der Waals surface area contributed by atoms with Crippen LogP contribution in [0, 0.1) is 0 Å². The average Bonchev–Trinajstić information content (AvgIpc) is 2.76. The van der Waals surface area contributed by atoms with E-state index in [-0.39, 0.29) is 7.43 Å². The van der Waals surface area contributed by atoms with Crippen LogP contribution < -0.4 is 10.3 Å². The predicted molar refractivity (Wildman–Crippen MR) is 74.6 cm³/mol. The highest BCUT2D eigenvalue weighted by Gasteiger charge is 1.78. The molecule has 0 amide bonds. The van der Waals surface area contributed by atoms with Crippen LogP contribution in [-0.4, -0.2) is 17.9 Å². The number of aromatic nitrogens is 2. The number of H-pyrrole nitrogens is 1. The van der Waals surface area contributed by atoms with E-state index in [1.807, 2.05) is 58.0 Å². The van der Waals surface area contributed by atoms with Gasteiger partial charge in [0.2, 0.25) is 6.33 Å². The second-order valence-corrected chi connectivity index (χ2v) is 2.14. The molecule has 1 heterocycles. The molecule has 0 aliphatic carbocycles. The third kappa shape index (κ3) is 29.3. The van der Waals surface area contributed by atoms with Gasteiger partial charge in [0.15, 0.2) is 0 Å². The highest BCUT2D eigenvalue weighted by molar-refractivity contribution is 5.77. The minimum atomic E-state index is 0. The van der Waals surface area contributed by atoms with E-state index in [4.69, 9.17) is 5.73 Å². The summed E-state index contributed by atoms with van der Waals surface area (Å²) in [6.45, 7) is 9.75. The van der Waals surface area contributed by atoms with Crippen molar-refractivity contribution in [1.29, 1.82) is 0 Å². The largest absolute Gasteiger partial charge is 0.388 e. The first-order chi connectivity index (χ1) is 7.16. The lowest BCUT2D eigenvalue weighted by molar-refractivity contribution is -0.670. The minimum absolute atomic E-state index is 0. The van der Waals surface area contributed by atoms with Crippen LogP contribution in [0.25, 0.3) is 0 Å². The van der Waals surface area contributed by atoms with E-state index in [1.54, 1.807) is 14.0 Å². The molecule has 0 aliphatic heterocycles. The lowest BCUT2D eigenvalue weighted by Gasteiger charge is -1.76. The van der Waals surface area contributed by atoms with Crippen molar-refractivity contribution in [3.05, 3.63) is 18.7 Å². The summed E-state index contributed by atoms with van der Waals surface area (Å²) in [5, 5.41) is 0. The van der Waals surface area contributed by atoms with Crippen LogP contribution in [0.5, 0.6) is 0 Å². The van der Waals surface area contributed by atoms with Crippen molar-refractivity contribution in [3.8, 4) is 0 Å². The Kier molecular flexibility index (Phi) is 35.3. The van der Waals surface area contributed by atoms with E-state index in [0.717, 1.165) is 0 Å². The number of imidazole rings is 1. The maximum Gasteiger partial charge on any atom is 0.241 e. The van der Waals surface area contributed by atoms with Crippen LogP contribution in [0.4, 0.5) is 0 Å². The number of nitrogens with zero attached hydrogens (tertiary/aromatic N) is 2. The van der Waals surface area contributed by atoms with E-state index in [2.05, 4.69) is 9.98 Å². The zero-order valence-corrected chi connectivity index (χ0v) is 11.2. The molecular weight excluding hydrogens is 200 g/mol. The smallest absolute Gasteiger partial charge is 0.241 e. The van der Waals surface area contributed by atoms with Crippen molar-refractivity contribution in [2.24, 2.45) is 17.8 Å². The molecule has 0 atom stereocenters. The molecule has 0 aromatic carbocycles. The average molecular weight is 231 g/mol. The zero-order valence-electron chi connectivity index (χ0n) is 11.2. The van der Waals surface area contributed by atoms with E-state index < -0.39 is 0 Å². The van der Waals surface area contributed by atoms with Crippen molar-refractivity contribution >= 4 is 5.84 Å². The van der Waals surface area contributed by atoms with Gasteiger partial charge >= 0.3 is 0 Å². The number of hydrogen-bond donors (Lipinski definition) is 2. The maximum absolute atomic E-state index is 5.04. The number of rotatable bonds is 0. The molecule has 0 radical (unpaired) electrons. The van der Waals surface area contributed by atoms with Gasteiger partial charge in [0, 0.05) is 7.05 Å². The Bertz CT molecular complexity index is 199. The molecule has 0 saturated carbocycles. The summed E-state index contributed by atoms with van der Waals surface area (Å²) >= 11 is 0. The maximum atomic E-state index is 5.04. The molecule has 4 heteroatoms. The third-order valence-corrected chi connectivity index (χ3v) is 1.04. The van der Waals surface area contributed by atoms with Gasteiger partial charge in [-0.2, -0.15) is 0 Å². The summed E-state index contributed by atoms with van der Waals surface area (Å²) < 4.78 is 1.94. The van der Waals surface area contributed by atoms with Crippen LogP contribution in [0.15, 0.2) is 23.7 Å². The lowest BCUT2D eigenvalue weighted by atomic mass is 10.7. The Hall–Kier alpha value is -1.32. The monoisotopic (exact) mass is 231 g/mol. The summed E-state index contributed by atoms with van der Waals surface area (Å²) in [7, 11) is 3.63. The normalized spacial score (nSPS) is 7.81. The van der Waals surface area contributed by atoms with E-state index in [1.165, 1.54) is 0 Å². The van der Waals surface area contributed by atoms with Crippen LogP contribution >= 0.6 is 0 Å². The first-order valence-electron chi connectivity index (χ1n) is 5.33. The number of amidine groups is 1. The summed E-state index contributed by atoms with van der Waals surface area (Å²) in [5.74, 6) is 0.630. The van der Waals surface area contributed by atoms with Crippen molar-refractivity contribution in [3.63, 3.8) is 0 Å². The zero-order chi connectivity index (χ0) is 12.7. The molecule has 0 saturated heterocycles. The number of aromatic amines is 1. The fraction of sp³-hybridized carbons (Fsp3) is 0.667. The number of nitrogens with two attached hydrogens (primary N) is 1. The quantitative estimate of drug-likeness (QED) is 0.402. The molecule has 0 aliphatic rings. The van der Waals surface area contributed by atoms with Gasteiger partial charge in [0.25, 0.3) is 0 Å².